The summed E-state index contributed by atoms with van der Waals surface area (Å²) in [6, 6.07) is 0.281. The highest BCUT2D eigenvalue weighted by atomic mass is 16.5. The fourth-order valence-electron chi connectivity index (χ4n) is 0.873. The van der Waals surface area contributed by atoms with Gasteiger partial charge >= 0.3 is 5.97 Å². The Bertz CT molecular complexity index is 272. The van der Waals surface area contributed by atoms with Gasteiger partial charge in [-0.15, -0.1) is 0 Å². The van der Waals surface area contributed by atoms with E-state index in [-0.39, 0.29) is 12.2 Å². The van der Waals surface area contributed by atoms with Gasteiger partial charge in [0.1, 0.15) is 12.0 Å². The van der Waals surface area contributed by atoms with Gasteiger partial charge in [-0.3, -0.25) is 5.21 Å². The summed E-state index contributed by atoms with van der Waals surface area (Å²) >= 11 is 0. The van der Waals surface area contributed by atoms with Crippen molar-refractivity contribution in [1.29, 1.82) is 0 Å². The molecule has 6 heteroatoms. The molecule has 13 heavy (non-hydrogen) atoms. The van der Waals surface area contributed by atoms with Crippen molar-refractivity contribution in [2.24, 2.45) is 5.73 Å². The van der Waals surface area contributed by atoms with Gasteiger partial charge in [0.05, 0.1) is 6.26 Å². The molecule has 0 aliphatic heterocycles. The molecule has 0 aliphatic rings. The largest absolute Gasteiger partial charge is 0.480 e. The van der Waals surface area contributed by atoms with Crippen molar-refractivity contribution in [3.8, 4) is 0 Å². The third-order valence-electron chi connectivity index (χ3n) is 1.57. The Morgan fingerprint density at radius 3 is 2.85 bits per heavy atom. The summed E-state index contributed by atoms with van der Waals surface area (Å²) in [5, 5.41) is 18.5. The van der Waals surface area contributed by atoms with Crippen molar-refractivity contribution < 1.29 is 19.5 Å². The summed E-state index contributed by atoms with van der Waals surface area (Å²) in [6.45, 7) is -0.184. The Hall–Kier alpha value is -1.53. The minimum atomic E-state index is -1.19. The zero-order chi connectivity index (χ0) is 9.84. The number of hydroxylamine groups is 1. The maximum atomic E-state index is 10.6. The molecule has 0 saturated heterocycles. The number of carboxylic acids is 1. The second-order valence-electron chi connectivity index (χ2n) is 2.42. The molecule has 4 N–H and O–H groups in total. The van der Waals surface area contributed by atoms with Crippen molar-refractivity contribution in [3.63, 3.8) is 0 Å². The SMILES string of the molecule is NC[C@@H](C(=O)O)N(O)c1ccoc1. The van der Waals surface area contributed by atoms with Crippen LogP contribution in [0.15, 0.2) is 23.0 Å². The van der Waals surface area contributed by atoms with Gasteiger partial charge in [0, 0.05) is 12.6 Å². The summed E-state index contributed by atoms with van der Waals surface area (Å²) in [5.74, 6) is -1.19. The first-order valence-corrected chi connectivity index (χ1v) is 3.60. The predicted octanol–water partition coefficient (Wildman–Crippen LogP) is -0.113. The Morgan fingerprint density at radius 1 is 1.77 bits per heavy atom. The van der Waals surface area contributed by atoms with Gasteiger partial charge < -0.3 is 15.3 Å². The smallest absolute Gasteiger partial charge is 0.330 e. The zero-order valence-corrected chi connectivity index (χ0v) is 6.75. The highest BCUT2D eigenvalue weighted by Crippen LogP contribution is 2.14. The van der Waals surface area contributed by atoms with Gasteiger partial charge in [0.15, 0.2) is 6.04 Å². The fourth-order valence-corrected chi connectivity index (χ4v) is 0.873. The van der Waals surface area contributed by atoms with Crippen LogP contribution < -0.4 is 10.8 Å². The summed E-state index contributed by atoms with van der Waals surface area (Å²) in [7, 11) is 0. The molecule has 1 aromatic heterocycles. The van der Waals surface area contributed by atoms with E-state index in [4.69, 9.17) is 10.8 Å². The van der Waals surface area contributed by atoms with Gasteiger partial charge in [-0.05, 0) is 0 Å². The summed E-state index contributed by atoms with van der Waals surface area (Å²) in [5.41, 5.74) is 5.43. The summed E-state index contributed by atoms with van der Waals surface area (Å²) in [4.78, 5) is 10.6. The number of rotatable bonds is 4. The van der Waals surface area contributed by atoms with Crippen LogP contribution in [0.3, 0.4) is 0 Å². The number of carboxylic acid groups (broad SMARTS) is 1. The molecular formula is C7H10N2O4. The molecule has 0 spiro atoms. The number of carbonyl (C=O) groups is 1. The van der Waals surface area contributed by atoms with Gasteiger partial charge in [-0.1, -0.05) is 0 Å². The lowest BCUT2D eigenvalue weighted by molar-refractivity contribution is -0.139. The van der Waals surface area contributed by atoms with Crippen molar-refractivity contribution >= 4 is 11.7 Å². The maximum Gasteiger partial charge on any atom is 0.330 e. The minimum Gasteiger partial charge on any atom is -0.480 e. The molecule has 1 aromatic rings. The van der Waals surface area contributed by atoms with Crippen LogP contribution in [-0.2, 0) is 4.79 Å². The Kier molecular flexibility index (Phi) is 2.88. The lowest BCUT2D eigenvalue weighted by Gasteiger charge is -2.20. The third kappa shape index (κ3) is 1.98. The maximum absolute atomic E-state index is 10.6. The first-order chi connectivity index (χ1) is 6.16. The van der Waals surface area contributed by atoms with Crippen molar-refractivity contribution in [1.82, 2.24) is 0 Å². The van der Waals surface area contributed by atoms with E-state index in [2.05, 4.69) is 4.42 Å². The average Bonchev–Trinajstić information content (AvgIpc) is 2.56. The number of furan rings is 1. The molecular weight excluding hydrogens is 176 g/mol. The van der Waals surface area contributed by atoms with Gasteiger partial charge in [-0.25, -0.2) is 9.86 Å². The van der Waals surface area contributed by atoms with Crippen molar-refractivity contribution in [3.05, 3.63) is 18.6 Å². The Labute approximate surface area is 74.1 Å². The van der Waals surface area contributed by atoms with Crippen LogP contribution in [0.25, 0.3) is 0 Å². The fraction of sp³-hybridized carbons (Fsp3) is 0.286. The summed E-state index contributed by atoms with van der Waals surface area (Å²) in [6.07, 6.45) is 2.56. The van der Waals surface area contributed by atoms with E-state index in [1.54, 1.807) is 0 Å². The standard InChI is InChI=1S/C7H10N2O4/c8-3-6(7(10)11)9(12)5-1-2-13-4-5/h1-2,4,6,12H,3,8H2,(H,10,11)/t6-/m0/s1. The average molecular weight is 186 g/mol. The molecule has 0 aromatic carbocycles. The topological polar surface area (TPSA) is 99.9 Å². The van der Waals surface area contributed by atoms with Crippen LogP contribution in [0.5, 0.6) is 0 Å². The van der Waals surface area contributed by atoms with Crippen LogP contribution >= 0.6 is 0 Å². The molecule has 72 valence electrons. The Balaban J connectivity index is 2.76. The number of anilines is 1. The monoisotopic (exact) mass is 186 g/mol. The number of aliphatic carboxylic acids is 1. The minimum absolute atomic E-state index is 0.184. The van der Waals surface area contributed by atoms with Crippen LogP contribution in [0.2, 0.25) is 0 Å². The van der Waals surface area contributed by atoms with E-state index in [0.29, 0.717) is 5.06 Å². The molecule has 1 rings (SSSR count). The number of nitrogens with zero attached hydrogens (tertiary/aromatic N) is 1. The van der Waals surface area contributed by atoms with Gasteiger partial charge in [-0.2, -0.15) is 0 Å². The highest BCUT2D eigenvalue weighted by Gasteiger charge is 2.23. The molecule has 0 unspecified atom stereocenters. The molecule has 0 aliphatic carbocycles. The molecule has 1 heterocycles. The molecule has 6 nitrogen and oxygen atoms in total. The van der Waals surface area contributed by atoms with Gasteiger partial charge in [0.25, 0.3) is 0 Å². The van der Waals surface area contributed by atoms with E-state index in [9.17, 15) is 10.0 Å². The quantitative estimate of drug-likeness (QED) is 0.567. The van der Waals surface area contributed by atoms with E-state index in [1.807, 2.05) is 0 Å². The lowest BCUT2D eigenvalue weighted by atomic mass is 10.3. The number of nitrogens with two attached hydrogens (primary N) is 1. The van der Waals surface area contributed by atoms with E-state index in [1.165, 1.54) is 18.6 Å². The highest BCUT2D eigenvalue weighted by molar-refractivity contribution is 5.77. The molecule has 0 radical (unpaired) electrons. The number of hydrogen-bond acceptors (Lipinski definition) is 5. The van der Waals surface area contributed by atoms with Gasteiger partial charge in [0.2, 0.25) is 0 Å². The lowest BCUT2D eigenvalue weighted by Crippen LogP contribution is -2.44. The first kappa shape index (κ1) is 9.56. The summed E-state index contributed by atoms with van der Waals surface area (Å²) < 4.78 is 4.67. The van der Waals surface area contributed by atoms with Crippen LogP contribution in [0, 0.1) is 0 Å². The molecule has 0 fully saturated rings. The van der Waals surface area contributed by atoms with Crippen LogP contribution in [-0.4, -0.2) is 28.9 Å². The number of hydrogen-bond donors (Lipinski definition) is 3. The second kappa shape index (κ2) is 3.92. The van der Waals surface area contributed by atoms with E-state index < -0.39 is 12.0 Å². The normalized spacial score (nSPS) is 12.5. The molecule has 0 amide bonds. The molecule has 1 atom stereocenters. The Morgan fingerprint density at radius 2 is 2.46 bits per heavy atom. The van der Waals surface area contributed by atoms with Crippen molar-refractivity contribution in [2.45, 2.75) is 6.04 Å². The first-order valence-electron chi connectivity index (χ1n) is 3.60. The molecule has 0 bridgehead atoms. The predicted molar refractivity (Wildman–Crippen MR) is 43.5 cm³/mol. The van der Waals surface area contributed by atoms with Crippen molar-refractivity contribution in [2.75, 3.05) is 11.6 Å². The van der Waals surface area contributed by atoms with E-state index in [0.717, 1.165) is 0 Å². The van der Waals surface area contributed by atoms with E-state index >= 15 is 0 Å². The van der Waals surface area contributed by atoms with Crippen LogP contribution in [0.1, 0.15) is 0 Å². The molecule has 0 saturated carbocycles. The van der Waals surface area contributed by atoms with Crippen LogP contribution in [0.4, 0.5) is 5.69 Å². The second-order valence-corrected chi connectivity index (χ2v) is 2.42. The third-order valence-corrected chi connectivity index (χ3v) is 1.57. The zero-order valence-electron chi connectivity index (χ0n) is 6.75.